The van der Waals surface area contributed by atoms with Crippen LogP contribution in [0.5, 0.6) is 0 Å². The molecule has 0 heterocycles. The molecule has 0 saturated heterocycles. The molecule has 154 valence electrons. The van der Waals surface area contributed by atoms with Crippen LogP contribution in [0, 0.1) is 12.8 Å². The summed E-state index contributed by atoms with van der Waals surface area (Å²) in [6.45, 7) is 7.00. The topological polar surface area (TPSA) is 96.5 Å². The van der Waals surface area contributed by atoms with Crippen molar-refractivity contribution in [1.29, 1.82) is 0 Å². The van der Waals surface area contributed by atoms with E-state index in [4.69, 9.17) is 4.74 Å². The summed E-state index contributed by atoms with van der Waals surface area (Å²) in [6, 6.07) is 14.8. The first-order chi connectivity index (χ1) is 13.8. The molecule has 2 aromatic rings. The number of carbonyl (C=O) groups is 3. The fourth-order valence-corrected chi connectivity index (χ4v) is 2.51. The fraction of sp³-hybridized carbons (Fsp3) is 0.318. The number of hydrogen-bond donors (Lipinski definition) is 3. The largest absolute Gasteiger partial charge is 0.451 e. The van der Waals surface area contributed by atoms with Gasteiger partial charge < -0.3 is 20.7 Å². The summed E-state index contributed by atoms with van der Waals surface area (Å²) in [5, 5.41) is 7.97. The van der Waals surface area contributed by atoms with Gasteiger partial charge in [0.25, 0.3) is 5.91 Å². The average Bonchev–Trinajstić information content (AvgIpc) is 2.68. The van der Waals surface area contributed by atoms with E-state index in [1.54, 1.807) is 50.2 Å². The number of ether oxygens (including phenoxy) is 1. The van der Waals surface area contributed by atoms with E-state index in [1.165, 1.54) is 6.92 Å². The van der Waals surface area contributed by atoms with Gasteiger partial charge in [0.15, 0.2) is 6.10 Å². The van der Waals surface area contributed by atoms with E-state index in [0.717, 1.165) is 5.56 Å². The molecule has 29 heavy (non-hydrogen) atoms. The van der Waals surface area contributed by atoms with E-state index >= 15 is 0 Å². The second kappa shape index (κ2) is 10.3. The lowest BCUT2D eigenvalue weighted by Crippen LogP contribution is -2.48. The summed E-state index contributed by atoms with van der Waals surface area (Å²) in [6.07, 6.45) is -1.01. The zero-order valence-electron chi connectivity index (χ0n) is 17.1. The maximum atomic E-state index is 12.5. The normalized spacial score (nSPS) is 12.6. The van der Waals surface area contributed by atoms with Crippen LogP contribution in [0.3, 0.4) is 0 Å². The number of benzene rings is 2. The average molecular weight is 397 g/mol. The van der Waals surface area contributed by atoms with E-state index in [-0.39, 0.29) is 5.92 Å². The molecule has 0 aliphatic carbocycles. The Morgan fingerprint density at radius 1 is 0.828 bits per heavy atom. The van der Waals surface area contributed by atoms with Crippen molar-refractivity contribution < 1.29 is 19.1 Å². The minimum atomic E-state index is -1.01. The molecule has 0 aliphatic rings. The van der Waals surface area contributed by atoms with E-state index in [9.17, 15) is 14.4 Å². The molecule has 7 nitrogen and oxygen atoms in total. The molecule has 0 saturated carbocycles. The molecule has 0 aromatic heterocycles. The first kappa shape index (κ1) is 21.9. The van der Waals surface area contributed by atoms with Gasteiger partial charge in [0, 0.05) is 11.4 Å². The fourth-order valence-electron chi connectivity index (χ4n) is 2.51. The van der Waals surface area contributed by atoms with Gasteiger partial charge >= 0.3 is 12.0 Å². The molecule has 2 atom stereocenters. The molecule has 0 bridgehead atoms. The van der Waals surface area contributed by atoms with Gasteiger partial charge in [-0.1, -0.05) is 49.7 Å². The Balaban J connectivity index is 1.92. The predicted molar refractivity (Wildman–Crippen MR) is 113 cm³/mol. The summed E-state index contributed by atoms with van der Waals surface area (Å²) in [7, 11) is 0. The third-order valence-corrected chi connectivity index (χ3v) is 4.22. The Hall–Kier alpha value is -3.35. The van der Waals surface area contributed by atoms with Gasteiger partial charge in [0.2, 0.25) is 0 Å². The van der Waals surface area contributed by atoms with Gasteiger partial charge in [-0.3, -0.25) is 4.79 Å². The molecule has 0 fully saturated rings. The molecule has 2 aromatic carbocycles. The van der Waals surface area contributed by atoms with Crippen LogP contribution in [0.25, 0.3) is 0 Å². The number of rotatable bonds is 7. The summed E-state index contributed by atoms with van der Waals surface area (Å²) >= 11 is 0. The van der Waals surface area contributed by atoms with Crippen LogP contribution < -0.4 is 16.0 Å². The Bertz CT molecular complexity index is 835. The summed E-state index contributed by atoms with van der Waals surface area (Å²) in [4.78, 5) is 37.1. The van der Waals surface area contributed by atoms with Crippen LogP contribution in [-0.2, 0) is 14.3 Å². The lowest BCUT2D eigenvalue weighted by molar-refractivity contribution is -0.156. The van der Waals surface area contributed by atoms with E-state index < -0.39 is 30.1 Å². The van der Waals surface area contributed by atoms with Crippen molar-refractivity contribution in [2.45, 2.75) is 39.8 Å². The van der Waals surface area contributed by atoms with Crippen molar-refractivity contribution in [3.8, 4) is 0 Å². The van der Waals surface area contributed by atoms with E-state index in [1.807, 2.05) is 25.1 Å². The van der Waals surface area contributed by atoms with Crippen molar-refractivity contribution in [3.63, 3.8) is 0 Å². The SMILES string of the molecule is Cc1ccc(NC(=O)[C@@H](C)OC(=O)[C@H](NC(=O)Nc2ccccc2)C(C)C)cc1. The molecule has 3 N–H and O–H groups in total. The summed E-state index contributed by atoms with van der Waals surface area (Å²) < 4.78 is 5.29. The highest BCUT2D eigenvalue weighted by Gasteiger charge is 2.29. The Morgan fingerprint density at radius 2 is 1.41 bits per heavy atom. The summed E-state index contributed by atoms with van der Waals surface area (Å²) in [5.74, 6) is -1.34. The van der Waals surface area contributed by atoms with Gasteiger partial charge in [-0.15, -0.1) is 0 Å². The first-order valence-corrected chi connectivity index (χ1v) is 9.47. The minimum absolute atomic E-state index is 0.226. The maximum Gasteiger partial charge on any atom is 0.329 e. The zero-order valence-corrected chi connectivity index (χ0v) is 17.1. The number of urea groups is 1. The molecule has 0 spiro atoms. The second-order valence-corrected chi connectivity index (χ2v) is 7.12. The van der Waals surface area contributed by atoms with Crippen LogP contribution in [0.1, 0.15) is 26.3 Å². The number of hydrogen-bond acceptors (Lipinski definition) is 4. The van der Waals surface area contributed by atoms with Crippen molar-refractivity contribution >= 4 is 29.3 Å². The smallest absolute Gasteiger partial charge is 0.329 e. The van der Waals surface area contributed by atoms with Gasteiger partial charge in [-0.25, -0.2) is 9.59 Å². The highest BCUT2D eigenvalue weighted by Crippen LogP contribution is 2.12. The van der Waals surface area contributed by atoms with E-state index in [0.29, 0.717) is 11.4 Å². The number of para-hydroxylation sites is 1. The predicted octanol–water partition coefficient (Wildman–Crippen LogP) is 3.71. The van der Waals surface area contributed by atoms with Crippen molar-refractivity contribution in [3.05, 3.63) is 60.2 Å². The molecule has 0 unspecified atom stereocenters. The highest BCUT2D eigenvalue weighted by atomic mass is 16.5. The van der Waals surface area contributed by atoms with Crippen molar-refractivity contribution in [1.82, 2.24) is 5.32 Å². The molecule has 3 amide bonds. The molecule has 0 aliphatic heterocycles. The van der Waals surface area contributed by atoms with Crippen LogP contribution in [-0.4, -0.2) is 30.1 Å². The maximum absolute atomic E-state index is 12.5. The molecule has 2 rings (SSSR count). The Kier molecular flexibility index (Phi) is 7.77. The van der Waals surface area contributed by atoms with Crippen molar-refractivity contribution in [2.24, 2.45) is 5.92 Å². The van der Waals surface area contributed by atoms with E-state index in [2.05, 4.69) is 16.0 Å². The van der Waals surface area contributed by atoms with Crippen LogP contribution >= 0.6 is 0 Å². The molecular weight excluding hydrogens is 370 g/mol. The second-order valence-electron chi connectivity index (χ2n) is 7.12. The standard InChI is InChI=1S/C22H27N3O4/c1-14(2)19(25-22(28)24-17-8-6-5-7-9-17)21(27)29-16(4)20(26)23-18-12-10-15(3)11-13-18/h5-14,16,19H,1-4H3,(H,23,26)(H2,24,25,28)/t16-,19-/m1/s1. The number of anilines is 2. The Morgan fingerprint density at radius 3 is 2.00 bits per heavy atom. The highest BCUT2D eigenvalue weighted by molar-refractivity contribution is 5.96. The van der Waals surface area contributed by atoms with Gasteiger partial charge in [0.1, 0.15) is 6.04 Å². The molecule has 7 heteroatoms. The Labute approximate surface area is 170 Å². The number of carbonyl (C=O) groups excluding carboxylic acids is 3. The van der Waals surface area contributed by atoms with Crippen LogP contribution in [0.15, 0.2) is 54.6 Å². The summed E-state index contributed by atoms with van der Waals surface area (Å²) in [5.41, 5.74) is 2.29. The number of nitrogens with one attached hydrogen (secondary N) is 3. The van der Waals surface area contributed by atoms with Gasteiger partial charge in [0.05, 0.1) is 0 Å². The third kappa shape index (κ3) is 6.95. The number of aryl methyl sites for hydroxylation is 1. The first-order valence-electron chi connectivity index (χ1n) is 9.47. The third-order valence-electron chi connectivity index (χ3n) is 4.22. The van der Waals surface area contributed by atoms with Crippen LogP contribution in [0.4, 0.5) is 16.2 Å². The van der Waals surface area contributed by atoms with Crippen LogP contribution in [0.2, 0.25) is 0 Å². The number of esters is 1. The van der Waals surface area contributed by atoms with Gasteiger partial charge in [-0.05, 0) is 44.0 Å². The number of amides is 3. The quantitative estimate of drug-likeness (QED) is 0.621. The monoisotopic (exact) mass is 397 g/mol. The molecule has 0 radical (unpaired) electrons. The molecular formula is C22H27N3O4. The lowest BCUT2D eigenvalue weighted by Gasteiger charge is -2.23. The zero-order chi connectivity index (χ0) is 21.4. The van der Waals surface area contributed by atoms with Gasteiger partial charge in [-0.2, -0.15) is 0 Å². The lowest BCUT2D eigenvalue weighted by atomic mass is 10.0. The minimum Gasteiger partial charge on any atom is -0.451 e. The van der Waals surface area contributed by atoms with Crippen molar-refractivity contribution in [2.75, 3.05) is 10.6 Å².